The number of nitrogens with zero attached hydrogens (tertiary/aromatic N) is 3. The molecule has 8 heteroatoms. The van der Waals surface area contributed by atoms with Gasteiger partial charge in [0.2, 0.25) is 5.76 Å². The molecule has 7 nitrogen and oxygen atoms in total. The van der Waals surface area contributed by atoms with E-state index in [0.29, 0.717) is 22.3 Å². The number of anilines is 1. The van der Waals surface area contributed by atoms with Gasteiger partial charge in [-0.15, -0.1) is 11.3 Å². The second-order valence-electron chi connectivity index (χ2n) is 5.52. The summed E-state index contributed by atoms with van der Waals surface area (Å²) in [5.74, 6) is 0.382. The smallest absolute Gasteiger partial charge is 0.296 e. The summed E-state index contributed by atoms with van der Waals surface area (Å²) in [6.07, 6.45) is 1.70. The van der Waals surface area contributed by atoms with Gasteiger partial charge in [0.05, 0.1) is 12.8 Å². The molecule has 0 aliphatic rings. The topological polar surface area (TPSA) is 90.1 Å². The second-order valence-corrected chi connectivity index (χ2v) is 6.37. The highest BCUT2D eigenvalue weighted by molar-refractivity contribution is 7.14. The summed E-state index contributed by atoms with van der Waals surface area (Å²) in [6.45, 7) is 0. The Morgan fingerprint density at radius 2 is 2.04 bits per heavy atom. The van der Waals surface area contributed by atoms with E-state index in [2.05, 4.69) is 20.4 Å². The van der Waals surface area contributed by atoms with Gasteiger partial charge < -0.3 is 9.26 Å². The average molecular weight is 378 g/mol. The monoisotopic (exact) mass is 378 g/mol. The van der Waals surface area contributed by atoms with Gasteiger partial charge in [0.1, 0.15) is 17.1 Å². The quantitative estimate of drug-likeness (QED) is 0.562. The van der Waals surface area contributed by atoms with Crippen LogP contribution >= 0.6 is 11.3 Å². The number of ether oxygens (including phenoxy) is 1. The molecular weight excluding hydrogens is 364 g/mol. The molecule has 4 aromatic rings. The van der Waals surface area contributed by atoms with Crippen LogP contribution in [-0.2, 0) is 0 Å². The zero-order valence-corrected chi connectivity index (χ0v) is 15.1. The molecule has 0 radical (unpaired) electrons. The first kappa shape index (κ1) is 16.9. The van der Waals surface area contributed by atoms with Crippen molar-refractivity contribution in [2.45, 2.75) is 0 Å². The molecule has 0 fully saturated rings. The average Bonchev–Trinajstić information content (AvgIpc) is 3.39. The summed E-state index contributed by atoms with van der Waals surface area (Å²) in [4.78, 5) is 21.0. The van der Waals surface area contributed by atoms with E-state index in [1.54, 1.807) is 19.4 Å². The van der Waals surface area contributed by atoms with Gasteiger partial charge in [-0.25, -0.2) is 4.98 Å². The molecule has 27 heavy (non-hydrogen) atoms. The number of aromatic nitrogens is 3. The Bertz CT molecular complexity index is 1080. The molecule has 3 heterocycles. The first-order chi connectivity index (χ1) is 13.2. The SMILES string of the molecule is COc1cccc(-c2cc(C(=O)Nc3nc(-c4ccccn4)cs3)on2)c1. The van der Waals surface area contributed by atoms with E-state index < -0.39 is 5.91 Å². The molecule has 3 aromatic heterocycles. The van der Waals surface area contributed by atoms with Crippen molar-refractivity contribution in [1.29, 1.82) is 0 Å². The van der Waals surface area contributed by atoms with Gasteiger partial charge in [-0.3, -0.25) is 15.1 Å². The molecule has 1 N–H and O–H groups in total. The fraction of sp³-hybridized carbons (Fsp3) is 0.0526. The summed E-state index contributed by atoms with van der Waals surface area (Å²) in [7, 11) is 1.59. The van der Waals surface area contributed by atoms with E-state index in [1.165, 1.54) is 11.3 Å². The Labute approximate surface area is 158 Å². The van der Waals surface area contributed by atoms with Crippen molar-refractivity contribution >= 4 is 22.4 Å². The highest BCUT2D eigenvalue weighted by atomic mass is 32.1. The lowest BCUT2D eigenvalue weighted by Gasteiger charge is -2.00. The van der Waals surface area contributed by atoms with Crippen molar-refractivity contribution in [2.24, 2.45) is 0 Å². The van der Waals surface area contributed by atoms with Gasteiger partial charge in [-0.1, -0.05) is 23.4 Å². The minimum absolute atomic E-state index is 0.0995. The Hall–Kier alpha value is -3.52. The van der Waals surface area contributed by atoms with E-state index in [-0.39, 0.29) is 5.76 Å². The molecule has 4 rings (SSSR count). The van der Waals surface area contributed by atoms with E-state index in [0.717, 1.165) is 11.3 Å². The molecule has 0 atom stereocenters. The molecular formula is C19H14N4O3S. The van der Waals surface area contributed by atoms with Crippen LogP contribution in [0.5, 0.6) is 5.75 Å². The summed E-state index contributed by atoms with van der Waals surface area (Å²) >= 11 is 1.31. The summed E-state index contributed by atoms with van der Waals surface area (Å²) in [6, 6.07) is 14.5. The molecule has 0 saturated carbocycles. The highest BCUT2D eigenvalue weighted by Crippen LogP contribution is 2.25. The Morgan fingerprint density at radius 1 is 1.11 bits per heavy atom. The number of thiazole rings is 1. The minimum Gasteiger partial charge on any atom is -0.497 e. The van der Waals surface area contributed by atoms with Gasteiger partial charge in [0.25, 0.3) is 5.91 Å². The molecule has 0 saturated heterocycles. The largest absolute Gasteiger partial charge is 0.497 e. The number of methoxy groups -OCH3 is 1. The first-order valence-electron chi connectivity index (χ1n) is 8.02. The third kappa shape index (κ3) is 3.70. The van der Waals surface area contributed by atoms with Crippen molar-refractivity contribution in [3.63, 3.8) is 0 Å². The zero-order valence-electron chi connectivity index (χ0n) is 14.2. The lowest BCUT2D eigenvalue weighted by Crippen LogP contribution is -2.10. The number of hydrogen-bond donors (Lipinski definition) is 1. The van der Waals surface area contributed by atoms with Crippen LogP contribution in [0.15, 0.2) is 64.6 Å². The predicted octanol–water partition coefficient (Wildman–Crippen LogP) is 4.12. The normalized spacial score (nSPS) is 10.6. The Balaban J connectivity index is 1.49. The minimum atomic E-state index is -0.418. The number of benzene rings is 1. The maximum Gasteiger partial charge on any atom is 0.296 e. The number of nitrogens with one attached hydrogen (secondary N) is 1. The van der Waals surface area contributed by atoms with Crippen LogP contribution in [-0.4, -0.2) is 28.1 Å². The number of amides is 1. The number of hydrogen-bond acceptors (Lipinski definition) is 7. The molecule has 0 bridgehead atoms. The molecule has 1 amide bonds. The highest BCUT2D eigenvalue weighted by Gasteiger charge is 2.16. The van der Waals surface area contributed by atoms with Crippen LogP contribution < -0.4 is 10.1 Å². The molecule has 0 aliphatic carbocycles. The Kier molecular flexibility index (Phi) is 4.63. The van der Waals surface area contributed by atoms with E-state index >= 15 is 0 Å². The molecule has 0 spiro atoms. The van der Waals surface area contributed by atoms with Crippen molar-refractivity contribution in [1.82, 2.24) is 15.1 Å². The van der Waals surface area contributed by atoms with Crippen LogP contribution in [0.3, 0.4) is 0 Å². The van der Waals surface area contributed by atoms with Crippen molar-refractivity contribution < 1.29 is 14.1 Å². The number of carbonyl (C=O) groups is 1. The van der Waals surface area contributed by atoms with E-state index in [9.17, 15) is 4.79 Å². The summed E-state index contributed by atoms with van der Waals surface area (Å²) < 4.78 is 10.4. The standard InChI is InChI=1S/C19H14N4O3S/c1-25-13-6-4-5-12(9-13)15-10-17(26-23-15)18(24)22-19-21-16(11-27-19)14-7-2-3-8-20-14/h2-11H,1H3,(H,21,22,24). The van der Waals surface area contributed by atoms with Crippen molar-refractivity contribution in [3.8, 4) is 28.4 Å². The molecule has 0 aliphatic heterocycles. The first-order valence-corrected chi connectivity index (χ1v) is 8.90. The predicted molar refractivity (Wildman–Crippen MR) is 102 cm³/mol. The number of rotatable bonds is 5. The number of pyridine rings is 1. The van der Waals surface area contributed by atoms with Gasteiger partial charge in [0.15, 0.2) is 5.13 Å². The fourth-order valence-corrected chi connectivity index (χ4v) is 3.12. The van der Waals surface area contributed by atoms with Crippen molar-refractivity contribution in [3.05, 3.63) is 65.9 Å². The van der Waals surface area contributed by atoms with Crippen LogP contribution in [0.2, 0.25) is 0 Å². The lowest BCUT2D eigenvalue weighted by atomic mass is 10.1. The molecule has 1 aromatic carbocycles. The Morgan fingerprint density at radius 3 is 2.85 bits per heavy atom. The fourth-order valence-electron chi connectivity index (χ4n) is 2.42. The maximum atomic E-state index is 12.4. The maximum absolute atomic E-state index is 12.4. The van der Waals surface area contributed by atoms with Crippen molar-refractivity contribution in [2.75, 3.05) is 12.4 Å². The number of carbonyl (C=O) groups excluding carboxylic acids is 1. The van der Waals surface area contributed by atoms with Crippen LogP contribution in [0, 0.1) is 0 Å². The van der Waals surface area contributed by atoms with Gasteiger partial charge in [-0.05, 0) is 24.3 Å². The summed E-state index contributed by atoms with van der Waals surface area (Å²) in [5.41, 5.74) is 2.79. The molecule has 134 valence electrons. The van der Waals surface area contributed by atoms with Crippen LogP contribution in [0.25, 0.3) is 22.6 Å². The third-order valence-electron chi connectivity index (χ3n) is 3.75. The van der Waals surface area contributed by atoms with Crippen LogP contribution in [0.1, 0.15) is 10.6 Å². The van der Waals surface area contributed by atoms with Crippen LogP contribution in [0.4, 0.5) is 5.13 Å². The zero-order chi connectivity index (χ0) is 18.6. The van der Waals surface area contributed by atoms with Gasteiger partial charge in [-0.2, -0.15) is 0 Å². The second kappa shape index (κ2) is 7.38. The molecule has 0 unspecified atom stereocenters. The summed E-state index contributed by atoms with van der Waals surface area (Å²) in [5, 5.41) is 8.97. The van der Waals surface area contributed by atoms with Gasteiger partial charge in [0, 0.05) is 23.2 Å². The lowest BCUT2D eigenvalue weighted by molar-refractivity contribution is 0.0988. The van der Waals surface area contributed by atoms with E-state index in [1.807, 2.05) is 47.8 Å². The van der Waals surface area contributed by atoms with E-state index in [4.69, 9.17) is 9.26 Å². The van der Waals surface area contributed by atoms with Gasteiger partial charge >= 0.3 is 0 Å². The third-order valence-corrected chi connectivity index (χ3v) is 4.51.